The van der Waals surface area contributed by atoms with Gasteiger partial charge in [-0.3, -0.25) is 4.79 Å². The van der Waals surface area contributed by atoms with Gasteiger partial charge in [-0.05, 0) is 38.1 Å². The van der Waals surface area contributed by atoms with Crippen molar-refractivity contribution in [3.05, 3.63) is 29.6 Å². The van der Waals surface area contributed by atoms with E-state index >= 15 is 0 Å². The number of likely N-dealkylation sites (N-methyl/N-ethyl adjacent to an activating group) is 1. The van der Waals surface area contributed by atoms with Gasteiger partial charge in [0, 0.05) is 38.3 Å². The van der Waals surface area contributed by atoms with Gasteiger partial charge in [0.1, 0.15) is 11.6 Å². The molecule has 1 aromatic rings. The first-order chi connectivity index (χ1) is 11.5. The Hall–Kier alpha value is -1.70. The third kappa shape index (κ3) is 4.43. The number of nitrogens with zero attached hydrogens (tertiary/aromatic N) is 1. The van der Waals surface area contributed by atoms with E-state index in [0.29, 0.717) is 37.2 Å². The summed E-state index contributed by atoms with van der Waals surface area (Å²) in [4.78, 5) is 14.2. The summed E-state index contributed by atoms with van der Waals surface area (Å²) in [5.41, 5.74) is -1.04. The number of halogens is 1. The highest BCUT2D eigenvalue weighted by Gasteiger charge is 2.41. The van der Waals surface area contributed by atoms with Gasteiger partial charge in [-0.1, -0.05) is 0 Å². The average molecular weight is 339 g/mol. The second-order valence-corrected chi connectivity index (χ2v) is 6.10. The lowest BCUT2D eigenvalue weighted by Gasteiger charge is -2.38. The first-order valence-electron chi connectivity index (χ1n) is 8.19. The van der Waals surface area contributed by atoms with E-state index in [1.165, 1.54) is 18.1 Å². The Morgan fingerprint density at radius 2 is 2.21 bits per heavy atom. The van der Waals surface area contributed by atoms with Crippen molar-refractivity contribution in [2.75, 3.05) is 40.3 Å². The second-order valence-electron chi connectivity index (χ2n) is 6.10. The van der Waals surface area contributed by atoms with Crippen LogP contribution in [-0.2, 0) is 11.3 Å². The lowest BCUT2D eigenvalue weighted by molar-refractivity contribution is -0.157. The molecule has 7 heteroatoms. The van der Waals surface area contributed by atoms with Crippen molar-refractivity contribution in [2.24, 2.45) is 0 Å². The summed E-state index contributed by atoms with van der Waals surface area (Å²) < 4.78 is 19.1. The second kappa shape index (κ2) is 8.41. The topological polar surface area (TPSA) is 73.8 Å². The summed E-state index contributed by atoms with van der Waals surface area (Å²) in [6, 6.07) is 4.45. The largest absolute Gasteiger partial charge is 0.497 e. The molecular formula is C17H26FN3O3. The average Bonchev–Trinajstić information content (AvgIpc) is 2.58. The van der Waals surface area contributed by atoms with E-state index in [4.69, 9.17) is 4.74 Å². The molecule has 1 atom stereocenters. The lowest BCUT2D eigenvalue weighted by atomic mass is 9.91. The minimum absolute atomic E-state index is 0.126. The number of nitrogens with one attached hydrogen (secondary N) is 2. The first-order valence-corrected chi connectivity index (χ1v) is 8.19. The molecule has 1 aliphatic heterocycles. The third-order valence-corrected chi connectivity index (χ3v) is 4.29. The Balaban J connectivity index is 2.04. The predicted molar refractivity (Wildman–Crippen MR) is 89.3 cm³/mol. The maximum absolute atomic E-state index is 14.0. The van der Waals surface area contributed by atoms with Gasteiger partial charge >= 0.3 is 0 Å². The van der Waals surface area contributed by atoms with Crippen molar-refractivity contribution < 1.29 is 19.0 Å². The Kier molecular flexibility index (Phi) is 6.53. The van der Waals surface area contributed by atoms with Crippen LogP contribution in [0.15, 0.2) is 18.2 Å². The number of carbonyl (C=O) groups excluding carboxylic acids is 1. The van der Waals surface area contributed by atoms with Crippen LogP contribution in [0, 0.1) is 5.82 Å². The number of likely N-dealkylation sites (tertiary alicyclic amines) is 1. The highest BCUT2D eigenvalue weighted by atomic mass is 19.1. The van der Waals surface area contributed by atoms with Gasteiger partial charge in [0.05, 0.1) is 7.11 Å². The number of hydrogen-bond acceptors (Lipinski definition) is 5. The van der Waals surface area contributed by atoms with Crippen molar-refractivity contribution in [1.82, 2.24) is 15.5 Å². The molecule has 0 spiro atoms. The first kappa shape index (κ1) is 18.6. The van der Waals surface area contributed by atoms with Gasteiger partial charge < -0.3 is 25.4 Å². The van der Waals surface area contributed by atoms with E-state index in [1.54, 1.807) is 12.1 Å². The number of hydrogen-bond donors (Lipinski definition) is 3. The molecule has 1 fully saturated rings. The molecule has 0 aromatic heterocycles. The highest BCUT2D eigenvalue weighted by Crippen LogP contribution is 2.25. The molecule has 0 bridgehead atoms. The SMILES string of the molecule is CNCCNC[C@@]1(O)CCCN(Cc2cc(OC)ccc2F)C1=O. The number of ether oxygens (including phenoxy) is 1. The fourth-order valence-corrected chi connectivity index (χ4v) is 2.89. The third-order valence-electron chi connectivity index (χ3n) is 4.29. The Morgan fingerprint density at radius 1 is 1.42 bits per heavy atom. The molecule has 134 valence electrons. The molecule has 0 radical (unpaired) electrons. The van der Waals surface area contributed by atoms with Crippen molar-refractivity contribution in [2.45, 2.75) is 25.0 Å². The molecule has 1 aromatic carbocycles. The zero-order valence-electron chi connectivity index (χ0n) is 14.3. The molecule has 1 heterocycles. The summed E-state index contributed by atoms with van der Waals surface area (Å²) in [5, 5.41) is 16.7. The number of benzene rings is 1. The molecule has 6 nitrogen and oxygen atoms in total. The zero-order chi connectivity index (χ0) is 17.6. The molecule has 0 aliphatic carbocycles. The summed E-state index contributed by atoms with van der Waals surface area (Å²) in [5.74, 6) is -0.197. The number of aliphatic hydroxyl groups is 1. The summed E-state index contributed by atoms with van der Waals surface area (Å²) >= 11 is 0. The number of carbonyl (C=O) groups is 1. The van der Waals surface area contributed by atoms with Crippen molar-refractivity contribution in [3.63, 3.8) is 0 Å². The monoisotopic (exact) mass is 339 g/mol. The molecule has 1 saturated heterocycles. The van der Waals surface area contributed by atoms with Gasteiger partial charge in [-0.25, -0.2) is 4.39 Å². The van der Waals surface area contributed by atoms with Crippen LogP contribution >= 0.6 is 0 Å². The van der Waals surface area contributed by atoms with Gasteiger partial charge in [0.2, 0.25) is 0 Å². The van der Waals surface area contributed by atoms with Crippen molar-refractivity contribution in [1.29, 1.82) is 0 Å². The van der Waals surface area contributed by atoms with E-state index in [9.17, 15) is 14.3 Å². The van der Waals surface area contributed by atoms with Crippen LogP contribution in [0.2, 0.25) is 0 Å². The summed E-state index contributed by atoms with van der Waals surface area (Å²) in [6.07, 6.45) is 1.09. The van der Waals surface area contributed by atoms with E-state index in [2.05, 4.69) is 10.6 Å². The van der Waals surface area contributed by atoms with Crippen LogP contribution in [-0.4, -0.2) is 61.9 Å². The zero-order valence-corrected chi connectivity index (χ0v) is 14.3. The number of piperidine rings is 1. The number of amides is 1. The molecule has 24 heavy (non-hydrogen) atoms. The quantitative estimate of drug-likeness (QED) is 0.602. The van der Waals surface area contributed by atoms with Crippen molar-refractivity contribution in [3.8, 4) is 5.75 Å². The van der Waals surface area contributed by atoms with Crippen LogP contribution in [0.5, 0.6) is 5.75 Å². The lowest BCUT2D eigenvalue weighted by Crippen LogP contribution is -2.58. The summed E-state index contributed by atoms with van der Waals surface area (Å²) in [6.45, 7) is 2.25. The molecular weight excluding hydrogens is 313 g/mol. The van der Waals surface area contributed by atoms with Crippen LogP contribution in [0.25, 0.3) is 0 Å². The van der Waals surface area contributed by atoms with Gasteiger partial charge in [-0.2, -0.15) is 0 Å². The molecule has 1 amide bonds. The van der Waals surface area contributed by atoms with E-state index in [-0.39, 0.29) is 24.8 Å². The Morgan fingerprint density at radius 3 is 2.92 bits per heavy atom. The highest BCUT2D eigenvalue weighted by molar-refractivity contribution is 5.86. The van der Waals surface area contributed by atoms with Crippen molar-refractivity contribution >= 4 is 5.91 Å². The van der Waals surface area contributed by atoms with E-state index < -0.39 is 5.60 Å². The standard InChI is InChI=1S/C17H26FN3O3/c1-19-7-8-20-12-17(23)6-3-9-21(16(17)22)11-13-10-14(24-2)4-5-15(13)18/h4-5,10,19-20,23H,3,6-9,11-12H2,1-2H3/t17-/m0/s1. The smallest absolute Gasteiger partial charge is 0.256 e. The fraction of sp³-hybridized carbons (Fsp3) is 0.588. The van der Waals surface area contributed by atoms with E-state index in [1.807, 2.05) is 7.05 Å². The van der Waals surface area contributed by atoms with Gasteiger partial charge in [0.15, 0.2) is 5.60 Å². The maximum Gasteiger partial charge on any atom is 0.256 e. The fourth-order valence-electron chi connectivity index (χ4n) is 2.89. The Labute approximate surface area is 142 Å². The molecule has 0 saturated carbocycles. The van der Waals surface area contributed by atoms with Crippen LogP contribution in [0.3, 0.4) is 0 Å². The normalized spacial score (nSPS) is 21.2. The predicted octanol–water partition coefficient (Wildman–Crippen LogP) is 0.497. The number of methoxy groups -OCH3 is 1. The summed E-state index contributed by atoms with van der Waals surface area (Å²) in [7, 11) is 3.35. The molecule has 0 unspecified atom stereocenters. The van der Waals surface area contributed by atoms with Crippen LogP contribution in [0.1, 0.15) is 18.4 Å². The minimum atomic E-state index is -1.43. The van der Waals surface area contributed by atoms with Crippen LogP contribution in [0.4, 0.5) is 4.39 Å². The maximum atomic E-state index is 14.0. The molecule has 3 N–H and O–H groups in total. The van der Waals surface area contributed by atoms with Crippen LogP contribution < -0.4 is 15.4 Å². The Bertz CT molecular complexity index is 570. The van der Waals surface area contributed by atoms with Gasteiger partial charge in [-0.15, -0.1) is 0 Å². The molecule has 1 aliphatic rings. The van der Waals surface area contributed by atoms with Gasteiger partial charge in [0.25, 0.3) is 5.91 Å². The molecule has 2 rings (SSSR count). The minimum Gasteiger partial charge on any atom is -0.497 e. The van der Waals surface area contributed by atoms with E-state index in [0.717, 1.165) is 6.54 Å². The number of rotatable bonds is 8.